The van der Waals surface area contributed by atoms with Crippen molar-refractivity contribution in [1.29, 1.82) is 0 Å². The second kappa shape index (κ2) is 7.24. The molecule has 2 aromatic heterocycles. The number of nitrogens with one attached hydrogen (secondary N) is 2. The van der Waals surface area contributed by atoms with Crippen LogP contribution in [0.15, 0.2) is 36.5 Å². The van der Waals surface area contributed by atoms with E-state index in [-0.39, 0.29) is 11.8 Å². The molecule has 3 heterocycles. The summed E-state index contributed by atoms with van der Waals surface area (Å²) in [5.41, 5.74) is 2.52. The zero-order chi connectivity index (χ0) is 18.9. The maximum Gasteiger partial charge on any atom is 0.224 e. The van der Waals surface area contributed by atoms with Gasteiger partial charge in [-0.1, -0.05) is 30.3 Å². The van der Waals surface area contributed by atoms with Crippen LogP contribution in [-0.2, 0) is 10.0 Å². The standard InChI is InChI=1S/C18H22N6O2S/c1-2-27(25,26)24-10-8-14(9-11-24)20-18-19-12-15-16(22-23-17(15)21-18)13-6-4-3-5-7-13/h3-7,12,14H,2,8-11H2,1H3,(H2,19,20,21,22,23). The molecule has 0 unspecified atom stereocenters. The fraction of sp³-hybridized carbons (Fsp3) is 0.389. The highest BCUT2D eigenvalue weighted by atomic mass is 32.2. The van der Waals surface area contributed by atoms with Crippen molar-refractivity contribution in [3.63, 3.8) is 0 Å². The smallest absolute Gasteiger partial charge is 0.224 e. The highest BCUT2D eigenvalue weighted by molar-refractivity contribution is 7.89. The molecule has 2 N–H and O–H groups in total. The van der Waals surface area contributed by atoms with Crippen molar-refractivity contribution < 1.29 is 8.42 Å². The molecule has 0 amide bonds. The monoisotopic (exact) mass is 386 g/mol. The number of aromatic nitrogens is 4. The van der Waals surface area contributed by atoms with E-state index < -0.39 is 10.0 Å². The van der Waals surface area contributed by atoms with Crippen molar-refractivity contribution >= 4 is 27.0 Å². The molecular formula is C18H22N6O2S. The Kier molecular flexibility index (Phi) is 4.79. The Morgan fingerprint density at radius 3 is 2.67 bits per heavy atom. The van der Waals surface area contributed by atoms with Gasteiger partial charge in [0.15, 0.2) is 5.65 Å². The summed E-state index contributed by atoms with van der Waals surface area (Å²) in [5, 5.41) is 11.5. The molecule has 0 radical (unpaired) electrons. The first-order valence-corrected chi connectivity index (χ1v) is 10.7. The van der Waals surface area contributed by atoms with Crippen LogP contribution >= 0.6 is 0 Å². The Morgan fingerprint density at radius 1 is 1.22 bits per heavy atom. The van der Waals surface area contributed by atoms with Crippen LogP contribution in [0.2, 0.25) is 0 Å². The van der Waals surface area contributed by atoms with Gasteiger partial charge in [0, 0.05) is 30.9 Å². The Hall–Kier alpha value is -2.52. The van der Waals surface area contributed by atoms with E-state index in [0.29, 0.717) is 24.7 Å². The highest BCUT2D eigenvalue weighted by Gasteiger charge is 2.27. The van der Waals surface area contributed by atoms with Gasteiger partial charge in [-0.15, -0.1) is 0 Å². The van der Waals surface area contributed by atoms with E-state index in [1.807, 2.05) is 30.3 Å². The number of hydrogen-bond donors (Lipinski definition) is 2. The molecule has 1 aromatic carbocycles. The number of hydrogen-bond acceptors (Lipinski definition) is 6. The van der Waals surface area contributed by atoms with Gasteiger partial charge in [0.25, 0.3) is 0 Å². The van der Waals surface area contributed by atoms with Crippen molar-refractivity contribution in [2.24, 2.45) is 0 Å². The second-order valence-electron chi connectivity index (χ2n) is 6.61. The molecule has 4 rings (SSSR count). The molecule has 27 heavy (non-hydrogen) atoms. The van der Waals surface area contributed by atoms with E-state index in [1.165, 1.54) is 0 Å². The van der Waals surface area contributed by atoms with Crippen molar-refractivity contribution in [3.8, 4) is 11.3 Å². The van der Waals surface area contributed by atoms with Crippen LogP contribution in [0.5, 0.6) is 0 Å². The third kappa shape index (κ3) is 3.65. The van der Waals surface area contributed by atoms with E-state index in [0.717, 1.165) is 29.5 Å². The van der Waals surface area contributed by atoms with Gasteiger partial charge in [0.2, 0.25) is 16.0 Å². The predicted molar refractivity (Wildman–Crippen MR) is 105 cm³/mol. The number of aromatic amines is 1. The highest BCUT2D eigenvalue weighted by Crippen LogP contribution is 2.25. The van der Waals surface area contributed by atoms with Gasteiger partial charge < -0.3 is 5.32 Å². The molecule has 3 aromatic rings. The zero-order valence-corrected chi connectivity index (χ0v) is 15.9. The van der Waals surface area contributed by atoms with Crippen molar-refractivity contribution in [2.75, 3.05) is 24.2 Å². The number of rotatable bonds is 5. The number of nitrogens with zero attached hydrogens (tertiary/aromatic N) is 4. The molecule has 1 saturated heterocycles. The Balaban J connectivity index is 1.47. The fourth-order valence-corrected chi connectivity index (χ4v) is 4.47. The van der Waals surface area contributed by atoms with Gasteiger partial charge in [0.1, 0.15) is 5.69 Å². The van der Waals surface area contributed by atoms with E-state index >= 15 is 0 Å². The largest absolute Gasteiger partial charge is 0.351 e. The first kappa shape index (κ1) is 17.9. The fourth-order valence-electron chi connectivity index (χ4n) is 3.34. The van der Waals surface area contributed by atoms with Crippen LogP contribution in [0, 0.1) is 0 Å². The van der Waals surface area contributed by atoms with Crippen LogP contribution in [-0.4, -0.2) is 57.8 Å². The van der Waals surface area contributed by atoms with E-state index in [4.69, 9.17) is 0 Å². The molecule has 0 atom stereocenters. The molecule has 1 aliphatic heterocycles. The van der Waals surface area contributed by atoms with E-state index in [9.17, 15) is 8.42 Å². The average molecular weight is 386 g/mol. The number of H-pyrrole nitrogens is 1. The minimum absolute atomic E-state index is 0.147. The van der Waals surface area contributed by atoms with Gasteiger partial charge in [-0.2, -0.15) is 10.1 Å². The molecule has 8 nitrogen and oxygen atoms in total. The molecule has 0 spiro atoms. The molecule has 0 bridgehead atoms. The molecular weight excluding hydrogens is 364 g/mol. The zero-order valence-electron chi connectivity index (χ0n) is 15.1. The van der Waals surface area contributed by atoms with E-state index in [1.54, 1.807) is 17.4 Å². The summed E-state index contributed by atoms with van der Waals surface area (Å²) in [6.45, 7) is 2.73. The van der Waals surface area contributed by atoms with Crippen LogP contribution in [0.3, 0.4) is 0 Å². The minimum atomic E-state index is -3.11. The van der Waals surface area contributed by atoms with Gasteiger partial charge in [-0.3, -0.25) is 5.10 Å². The van der Waals surface area contributed by atoms with Gasteiger partial charge >= 0.3 is 0 Å². The van der Waals surface area contributed by atoms with Crippen LogP contribution in [0.1, 0.15) is 19.8 Å². The lowest BCUT2D eigenvalue weighted by Crippen LogP contribution is -2.43. The second-order valence-corrected chi connectivity index (χ2v) is 8.87. The third-order valence-electron chi connectivity index (χ3n) is 4.91. The maximum atomic E-state index is 12.0. The third-order valence-corrected chi connectivity index (χ3v) is 6.79. The molecule has 142 valence electrons. The van der Waals surface area contributed by atoms with Crippen molar-refractivity contribution in [1.82, 2.24) is 24.5 Å². The number of sulfonamides is 1. The molecule has 0 aliphatic carbocycles. The van der Waals surface area contributed by atoms with Gasteiger partial charge in [-0.25, -0.2) is 17.7 Å². The first-order chi connectivity index (χ1) is 13.1. The van der Waals surface area contributed by atoms with Crippen molar-refractivity contribution in [3.05, 3.63) is 36.5 Å². The van der Waals surface area contributed by atoms with Crippen molar-refractivity contribution in [2.45, 2.75) is 25.8 Å². The molecule has 9 heteroatoms. The van der Waals surface area contributed by atoms with Crippen LogP contribution in [0.25, 0.3) is 22.3 Å². The summed E-state index contributed by atoms with van der Waals surface area (Å²) in [5.74, 6) is 0.677. The summed E-state index contributed by atoms with van der Waals surface area (Å²) >= 11 is 0. The predicted octanol–water partition coefficient (Wildman–Crippen LogP) is 2.25. The number of piperidine rings is 1. The SMILES string of the molecule is CCS(=O)(=O)N1CCC(Nc2ncc3c(-c4ccccc4)n[nH]c3n2)CC1. The summed E-state index contributed by atoms with van der Waals surface area (Å²) in [6.07, 6.45) is 3.24. The Morgan fingerprint density at radius 2 is 1.96 bits per heavy atom. The van der Waals surface area contributed by atoms with E-state index in [2.05, 4.69) is 25.5 Å². The minimum Gasteiger partial charge on any atom is -0.351 e. The summed E-state index contributed by atoms with van der Waals surface area (Å²) in [6, 6.07) is 10.1. The van der Waals surface area contributed by atoms with Gasteiger partial charge in [-0.05, 0) is 19.8 Å². The lowest BCUT2D eigenvalue weighted by Gasteiger charge is -2.31. The quantitative estimate of drug-likeness (QED) is 0.697. The Bertz CT molecular complexity index is 1030. The normalized spacial score (nSPS) is 16.6. The van der Waals surface area contributed by atoms with Gasteiger partial charge in [0.05, 0.1) is 11.1 Å². The first-order valence-electron chi connectivity index (χ1n) is 9.07. The molecule has 1 aliphatic rings. The topological polar surface area (TPSA) is 104 Å². The summed E-state index contributed by atoms with van der Waals surface area (Å²) in [7, 11) is -3.11. The number of anilines is 1. The number of benzene rings is 1. The number of fused-ring (bicyclic) bond motifs is 1. The lowest BCUT2D eigenvalue weighted by atomic mass is 10.1. The Labute approximate surface area is 158 Å². The van der Waals surface area contributed by atoms with Crippen LogP contribution in [0.4, 0.5) is 5.95 Å². The summed E-state index contributed by atoms with van der Waals surface area (Å²) < 4.78 is 25.5. The molecule has 1 fully saturated rings. The summed E-state index contributed by atoms with van der Waals surface area (Å²) in [4.78, 5) is 8.96. The lowest BCUT2D eigenvalue weighted by molar-refractivity contribution is 0.329. The molecule has 0 saturated carbocycles. The maximum absolute atomic E-state index is 12.0. The average Bonchev–Trinajstić information content (AvgIpc) is 3.12. The van der Waals surface area contributed by atoms with Crippen LogP contribution < -0.4 is 5.32 Å².